The molecule has 94 valence electrons. The van der Waals surface area contributed by atoms with Gasteiger partial charge in [-0.15, -0.1) is 0 Å². The predicted octanol–water partition coefficient (Wildman–Crippen LogP) is 3.09. The van der Waals surface area contributed by atoms with Crippen LogP contribution in [0.2, 0.25) is 0 Å². The molecule has 0 aliphatic heterocycles. The van der Waals surface area contributed by atoms with E-state index >= 15 is 0 Å². The van der Waals surface area contributed by atoms with E-state index in [0.29, 0.717) is 11.5 Å². The number of methoxy groups -OCH3 is 1. The molecule has 0 radical (unpaired) electrons. The van der Waals surface area contributed by atoms with Crippen LogP contribution in [-0.4, -0.2) is 23.8 Å². The maximum absolute atomic E-state index is 10.7. The zero-order valence-corrected chi connectivity index (χ0v) is 11.6. The molecule has 1 N–H and O–H groups in total. The number of halogens is 1. The molecular formula is C12H15BrO4. The minimum atomic E-state index is -0.897. The third-order valence-electron chi connectivity index (χ3n) is 2.09. The van der Waals surface area contributed by atoms with Gasteiger partial charge in [0.2, 0.25) is 0 Å². The second-order valence-corrected chi connectivity index (χ2v) is 5.14. The molecule has 5 heteroatoms. The van der Waals surface area contributed by atoms with Crippen molar-refractivity contribution in [3.8, 4) is 11.5 Å². The highest BCUT2D eigenvalue weighted by molar-refractivity contribution is 9.10. The van der Waals surface area contributed by atoms with Crippen LogP contribution in [0.15, 0.2) is 22.7 Å². The van der Waals surface area contributed by atoms with E-state index in [1.165, 1.54) is 0 Å². The quantitative estimate of drug-likeness (QED) is 0.908. The Hall–Kier alpha value is -1.23. The fourth-order valence-electron chi connectivity index (χ4n) is 1.42. The van der Waals surface area contributed by atoms with Crippen LogP contribution in [0.1, 0.15) is 20.3 Å². The SMILES string of the molecule is COc1cc(Br)ccc1OC(C)(C)CC(=O)O. The molecule has 0 aliphatic rings. The van der Waals surface area contributed by atoms with Crippen molar-refractivity contribution < 1.29 is 19.4 Å². The van der Waals surface area contributed by atoms with Gasteiger partial charge in [-0.1, -0.05) is 15.9 Å². The number of benzene rings is 1. The van der Waals surface area contributed by atoms with Gasteiger partial charge in [0, 0.05) is 4.47 Å². The zero-order chi connectivity index (χ0) is 13.1. The van der Waals surface area contributed by atoms with Gasteiger partial charge in [0.05, 0.1) is 13.5 Å². The molecule has 0 aromatic heterocycles. The number of hydrogen-bond acceptors (Lipinski definition) is 3. The van der Waals surface area contributed by atoms with Crippen LogP contribution < -0.4 is 9.47 Å². The van der Waals surface area contributed by atoms with E-state index in [1.807, 2.05) is 6.07 Å². The maximum atomic E-state index is 10.7. The van der Waals surface area contributed by atoms with E-state index < -0.39 is 11.6 Å². The molecule has 17 heavy (non-hydrogen) atoms. The molecule has 1 rings (SSSR count). The summed E-state index contributed by atoms with van der Waals surface area (Å²) in [5.41, 5.74) is -0.785. The predicted molar refractivity (Wildman–Crippen MR) is 67.7 cm³/mol. The number of ether oxygens (including phenoxy) is 2. The van der Waals surface area contributed by atoms with Crippen molar-refractivity contribution >= 4 is 21.9 Å². The van der Waals surface area contributed by atoms with Crippen LogP contribution >= 0.6 is 15.9 Å². The van der Waals surface area contributed by atoms with Gasteiger partial charge in [0.15, 0.2) is 11.5 Å². The van der Waals surface area contributed by atoms with Crippen LogP contribution in [0.25, 0.3) is 0 Å². The number of aliphatic carboxylic acids is 1. The van der Waals surface area contributed by atoms with E-state index in [4.69, 9.17) is 14.6 Å². The Balaban J connectivity index is 2.90. The molecule has 0 bridgehead atoms. The lowest BCUT2D eigenvalue weighted by molar-refractivity contribution is -0.140. The summed E-state index contributed by atoms with van der Waals surface area (Å²) in [7, 11) is 1.54. The Bertz CT molecular complexity index is 415. The molecule has 0 fully saturated rings. The van der Waals surface area contributed by atoms with Crippen LogP contribution in [-0.2, 0) is 4.79 Å². The van der Waals surface area contributed by atoms with Crippen LogP contribution in [0.3, 0.4) is 0 Å². The van der Waals surface area contributed by atoms with E-state index in [-0.39, 0.29) is 6.42 Å². The van der Waals surface area contributed by atoms with Gasteiger partial charge >= 0.3 is 5.97 Å². The molecular weight excluding hydrogens is 288 g/mol. The summed E-state index contributed by atoms with van der Waals surface area (Å²) in [5.74, 6) is 0.200. The van der Waals surface area contributed by atoms with Crippen molar-refractivity contribution in [2.75, 3.05) is 7.11 Å². The van der Waals surface area contributed by atoms with E-state index in [1.54, 1.807) is 33.1 Å². The first-order chi connectivity index (χ1) is 7.84. The first kappa shape index (κ1) is 13.8. The lowest BCUT2D eigenvalue weighted by atomic mass is 10.1. The van der Waals surface area contributed by atoms with Crippen molar-refractivity contribution in [2.24, 2.45) is 0 Å². The molecule has 0 saturated heterocycles. The summed E-state index contributed by atoms with van der Waals surface area (Å²) in [6, 6.07) is 5.33. The summed E-state index contributed by atoms with van der Waals surface area (Å²) in [6.45, 7) is 3.45. The maximum Gasteiger partial charge on any atom is 0.307 e. The summed E-state index contributed by atoms with van der Waals surface area (Å²) in [5, 5.41) is 8.78. The topological polar surface area (TPSA) is 55.8 Å². The average molecular weight is 303 g/mol. The molecule has 1 aromatic carbocycles. The Morgan fingerprint density at radius 3 is 2.59 bits per heavy atom. The summed E-state index contributed by atoms with van der Waals surface area (Å²) >= 11 is 3.33. The lowest BCUT2D eigenvalue weighted by Gasteiger charge is -2.25. The molecule has 0 amide bonds. The van der Waals surface area contributed by atoms with Gasteiger partial charge in [0.25, 0.3) is 0 Å². The van der Waals surface area contributed by atoms with E-state index in [2.05, 4.69) is 15.9 Å². The van der Waals surface area contributed by atoms with Crippen molar-refractivity contribution in [2.45, 2.75) is 25.9 Å². The minimum Gasteiger partial charge on any atom is -0.493 e. The number of carboxylic acid groups (broad SMARTS) is 1. The van der Waals surface area contributed by atoms with Gasteiger partial charge in [-0.05, 0) is 32.0 Å². The summed E-state index contributed by atoms with van der Waals surface area (Å²) < 4.78 is 11.7. The smallest absolute Gasteiger partial charge is 0.307 e. The fraction of sp³-hybridized carbons (Fsp3) is 0.417. The lowest BCUT2D eigenvalue weighted by Crippen LogP contribution is -2.31. The van der Waals surface area contributed by atoms with Crippen LogP contribution in [0.4, 0.5) is 0 Å². The Morgan fingerprint density at radius 2 is 2.06 bits per heavy atom. The second kappa shape index (κ2) is 5.40. The first-order valence-corrected chi connectivity index (χ1v) is 5.88. The van der Waals surface area contributed by atoms with Crippen molar-refractivity contribution in [1.82, 2.24) is 0 Å². The Morgan fingerprint density at radius 1 is 1.41 bits per heavy atom. The number of hydrogen-bond donors (Lipinski definition) is 1. The Kier molecular flexibility index (Phi) is 4.40. The summed E-state index contributed by atoms with van der Waals surface area (Å²) in [4.78, 5) is 10.7. The minimum absolute atomic E-state index is 0.0772. The normalized spacial score (nSPS) is 11.1. The van der Waals surface area contributed by atoms with Gasteiger partial charge in [-0.25, -0.2) is 0 Å². The highest BCUT2D eigenvalue weighted by atomic mass is 79.9. The zero-order valence-electron chi connectivity index (χ0n) is 9.99. The average Bonchev–Trinajstić information content (AvgIpc) is 2.18. The van der Waals surface area contributed by atoms with Crippen molar-refractivity contribution in [3.05, 3.63) is 22.7 Å². The van der Waals surface area contributed by atoms with E-state index in [0.717, 1.165) is 4.47 Å². The van der Waals surface area contributed by atoms with E-state index in [9.17, 15) is 4.79 Å². The third kappa shape index (κ3) is 4.26. The molecule has 4 nitrogen and oxygen atoms in total. The number of carboxylic acids is 1. The monoisotopic (exact) mass is 302 g/mol. The van der Waals surface area contributed by atoms with Crippen LogP contribution in [0, 0.1) is 0 Å². The number of rotatable bonds is 5. The van der Waals surface area contributed by atoms with Gasteiger partial charge in [-0.2, -0.15) is 0 Å². The highest BCUT2D eigenvalue weighted by Crippen LogP contribution is 2.33. The molecule has 0 spiro atoms. The second-order valence-electron chi connectivity index (χ2n) is 4.23. The molecule has 1 aromatic rings. The van der Waals surface area contributed by atoms with Crippen molar-refractivity contribution in [1.29, 1.82) is 0 Å². The first-order valence-electron chi connectivity index (χ1n) is 5.08. The Labute approximate surface area is 109 Å². The molecule has 0 heterocycles. The molecule has 0 atom stereocenters. The van der Waals surface area contributed by atoms with Gasteiger partial charge in [0.1, 0.15) is 5.60 Å². The van der Waals surface area contributed by atoms with Crippen LogP contribution in [0.5, 0.6) is 11.5 Å². The fourth-order valence-corrected chi connectivity index (χ4v) is 1.76. The molecule has 0 aliphatic carbocycles. The van der Waals surface area contributed by atoms with Gasteiger partial charge < -0.3 is 14.6 Å². The highest BCUT2D eigenvalue weighted by Gasteiger charge is 2.25. The van der Waals surface area contributed by atoms with Gasteiger partial charge in [-0.3, -0.25) is 4.79 Å². The number of carbonyl (C=O) groups is 1. The molecule has 0 saturated carbocycles. The largest absolute Gasteiger partial charge is 0.493 e. The standard InChI is InChI=1S/C12H15BrO4/c1-12(2,7-11(14)15)17-9-5-4-8(13)6-10(9)16-3/h4-6H,7H2,1-3H3,(H,14,15). The molecule has 0 unspecified atom stereocenters. The summed E-state index contributed by atoms with van der Waals surface area (Å²) in [6.07, 6.45) is -0.0772. The van der Waals surface area contributed by atoms with Crippen molar-refractivity contribution in [3.63, 3.8) is 0 Å². The third-order valence-corrected chi connectivity index (χ3v) is 2.58.